The Morgan fingerprint density at radius 3 is 2.81 bits per heavy atom. The normalized spacial score (nSPS) is 14.1. The highest BCUT2D eigenvalue weighted by atomic mass is 16.1. The van der Waals surface area contributed by atoms with Gasteiger partial charge in [0.1, 0.15) is 0 Å². The van der Waals surface area contributed by atoms with E-state index in [1.807, 2.05) is 12.1 Å². The maximum Gasteiger partial charge on any atom is 0.251 e. The van der Waals surface area contributed by atoms with Crippen LogP contribution >= 0.6 is 0 Å². The van der Waals surface area contributed by atoms with Crippen LogP contribution in [0.1, 0.15) is 29.8 Å². The van der Waals surface area contributed by atoms with Crippen LogP contribution in [0.2, 0.25) is 0 Å². The first kappa shape index (κ1) is 11.0. The molecule has 1 aliphatic rings. The highest BCUT2D eigenvalue weighted by Crippen LogP contribution is 2.30. The quantitative estimate of drug-likeness (QED) is 0.821. The highest BCUT2D eigenvalue weighted by molar-refractivity contribution is 5.94. The van der Waals surface area contributed by atoms with E-state index >= 15 is 0 Å². The molecule has 1 N–H and O–H groups in total. The van der Waals surface area contributed by atoms with Crippen molar-refractivity contribution in [3.63, 3.8) is 0 Å². The van der Waals surface area contributed by atoms with E-state index in [0.717, 1.165) is 18.5 Å². The van der Waals surface area contributed by atoms with Gasteiger partial charge in [0, 0.05) is 30.9 Å². The van der Waals surface area contributed by atoms with Crippen LogP contribution in [0.5, 0.6) is 0 Å². The summed E-state index contributed by atoms with van der Waals surface area (Å²) in [4.78, 5) is 13.9. The number of benzene rings is 1. The van der Waals surface area contributed by atoms with Gasteiger partial charge in [-0.25, -0.2) is 0 Å². The minimum Gasteiger partial charge on any atom is -0.369 e. The van der Waals surface area contributed by atoms with Gasteiger partial charge in [-0.2, -0.15) is 0 Å². The summed E-state index contributed by atoms with van der Waals surface area (Å²) in [7, 11) is 1.66. The van der Waals surface area contributed by atoms with Gasteiger partial charge in [-0.1, -0.05) is 0 Å². The standard InChI is InChI=1S/C13H18N2O/c1-9(2)15-7-6-10-8-11(13(16)14-3)4-5-12(10)15/h4-5,8-9H,6-7H2,1-3H3,(H,14,16). The van der Waals surface area contributed by atoms with Crippen LogP contribution < -0.4 is 10.2 Å². The van der Waals surface area contributed by atoms with Gasteiger partial charge >= 0.3 is 0 Å². The molecule has 0 radical (unpaired) electrons. The van der Waals surface area contributed by atoms with Crippen molar-refractivity contribution in [2.45, 2.75) is 26.3 Å². The van der Waals surface area contributed by atoms with Gasteiger partial charge in [0.05, 0.1) is 0 Å². The zero-order valence-corrected chi connectivity index (χ0v) is 10.1. The number of hydrogen-bond acceptors (Lipinski definition) is 2. The predicted molar refractivity (Wildman–Crippen MR) is 66.0 cm³/mol. The minimum absolute atomic E-state index is 0.00852. The van der Waals surface area contributed by atoms with Gasteiger partial charge in [-0.15, -0.1) is 0 Å². The lowest BCUT2D eigenvalue weighted by Crippen LogP contribution is -2.28. The van der Waals surface area contributed by atoms with Crippen LogP contribution in [0.3, 0.4) is 0 Å². The first-order chi connectivity index (χ1) is 7.63. The van der Waals surface area contributed by atoms with Gasteiger partial charge in [0.25, 0.3) is 5.91 Å². The first-order valence-corrected chi connectivity index (χ1v) is 5.75. The van der Waals surface area contributed by atoms with E-state index in [4.69, 9.17) is 0 Å². The molecule has 0 saturated heterocycles. The molecular formula is C13H18N2O. The zero-order valence-electron chi connectivity index (χ0n) is 10.1. The summed E-state index contributed by atoms with van der Waals surface area (Å²) in [6, 6.07) is 6.49. The fourth-order valence-corrected chi connectivity index (χ4v) is 2.25. The number of carbonyl (C=O) groups excluding carboxylic acids is 1. The molecule has 1 aromatic carbocycles. The lowest BCUT2D eigenvalue weighted by molar-refractivity contribution is 0.0963. The molecule has 0 bridgehead atoms. The molecule has 1 heterocycles. The second-order valence-electron chi connectivity index (χ2n) is 4.46. The third kappa shape index (κ3) is 1.77. The third-order valence-electron chi connectivity index (χ3n) is 3.12. The summed E-state index contributed by atoms with van der Waals surface area (Å²) in [6.07, 6.45) is 1.04. The average molecular weight is 218 g/mol. The highest BCUT2D eigenvalue weighted by Gasteiger charge is 2.21. The van der Waals surface area contributed by atoms with Crippen LogP contribution in [-0.2, 0) is 6.42 Å². The molecule has 0 aromatic heterocycles. The molecule has 86 valence electrons. The van der Waals surface area contributed by atoms with Crippen molar-refractivity contribution in [1.29, 1.82) is 0 Å². The molecule has 0 fully saturated rings. The maximum atomic E-state index is 11.5. The number of nitrogens with one attached hydrogen (secondary N) is 1. The van der Waals surface area contributed by atoms with Gasteiger partial charge in [0.15, 0.2) is 0 Å². The number of fused-ring (bicyclic) bond motifs is 1. The van der Waals surface area contributed by atoms with Crippen molar-refractivity contribution in [2.75, 3.05) is 18.5 Å². The minimum atomic E-state index is -0.00852. The van der Waals surface area contributed by atoms with Crippen LogP contribution in [0.25, 0.3) is 0 Å². The smallest absolute Gasteiger partial charge is 0.251 e. The Balaban J connectivity index is 2.33. The fourth-order valence-electron chi connectivity index (χ4n) is 2.25. The lowest BCUT2D eigenvalue weighted by Gasteiger charge is -2.23. The largest absolute Gasteiger partial charge is 0.369 e. The molecule has 0 unspecified atom stereocenters. The van der Waals surface area contributed by atoms with Gasteiger partial charge in [0.2, 0.25) is 0 Å². The molecule has 0 spiro atoms. The second kappa shape index (κ2) is 4.16. The summed E-state index contributed by atoms with van der Waals surface area (Å²) in [5.74, 6) is -0.00852. The number of hydrogen-bond donors (Lipinski definition) is 1. The lowest BCUT2D eigenvalue weighted by atomic mass is 10.1. The number of rotatable bonds is 2. The maximum absolute atomic E-state index is 11.5. The van der Waals surface area contributed by atoms with E-state index < -0.39 is 0 Å². The van der Waals surface area contributed by atoms with Crippen molar-refractivity contribution in [1.82, 2.24) is 5.32 Å². The molecule has 0 saturated carbocycles. The van der Waals surface area contributed by atoms with Crippen LogP contribution in [0.4, 0.5) is 5.69 Å². The monoisotopic (exact) mass is 218 g/mol. The Hall–Kier alpha value is -1.51. The van der Waals surface area contributed by atoms with Gasteiger partial charge in [-0.3, -0.25) is 4.79 Å². The fraction of sp³-hybridized carbons (Fsp3) is 0.462. The topological polar surface area (TPSA) is 32.3 Å². The zero-order chi connectivity index (χ0) is 11.7. The number of carbonyl (C=O) groups is 1. The molecule has 3 nitrogen and oxygen atoms in total. The SMILES string of the molecule is CNC(=O)c1ccc2c(c1)CCN2C(C)C. The van der Waals surface area contributed by atoms with E-state index in [-0.39, 0.29) is 5.91 Å². The molecule has 0 aliphatic carbocycles. The number of amides is 1. The summed E-state index contributed by atoms with van der Waals surface area (Å²) in [5, 5.41) is 2.65. The molecule has 16 heavy (non-hydrogen) atoms. The van der Waals surface area contributed by atoms with E-state index in [0.29, 0.717) is 6.04 Å². The molecule has 1 aliphatic heterocycles. The third-order valence-corrected chi connectivity index (χ3v) is 3.12. The van der Waals surface area contributed by atoms with Crippen LogP contribution in [0.15, 0.2) is 18.2 Å². The molecule has 3 heteroatoms. The Morgan fingerprint density at radius 2 is 2.19 bits per heavy atom. The summed E-state index contributed by atoms with van der Waals surface area (Å²) >= 11 is 0. The molecule has 1 aromatic rings. The number of anilines is 1. The van der Waals surface area contributed by atoms with Gasteiger partial charge < -0.3 is 10.2 Å². The first-order valence-electron chi connectivity index (χ1n) is 5.75. The number of nitrogens with zero attached hydrogens (tertiary/aromatic N) is 1. The van der Waals surface area contributed by atoms with Crippen molar-refractivity contribution in [3.8, 4) is 0 Å². The summed E-state index contributed by atoms with van der Waals surface area (Å²) in [5.41, 5.74) is 3.32. The van der Waals surface area contributed by atoms with E-state index in [1.165, 1.54) is 11.3 Å². The van der Waals surface area contributed by atoms with E-state index in [1.54, 1.807) is 7.05 Å². The predicted octanol–water partition coefficient (Wildman–Crippen LogP) is 1.82. The van der Waals surface area contributed by atoms with E-state index in [2.05, 4.69) is 30.1 Å². The molecular weight excluding hydrogens is 200 g/mol. The summed E-state index contributed by atoms with van der Waals surface area (Å²) < 4.78 is 0. The molecule has 0 atom stereocenters. The molecule has 2 rings (SSSR count). The second-order valence-corrected chi connectivity index (χ2v) is 4.46. The van der Waals surface area contributed by atoms with Crippen molar-refractivity contribution < 1.29 is 4.79 Å². The molecule has 1 amide bonds. The Labute approximate surface area is 96.5 Å². The Bertz CT molecular complexity index is 412. The van der Waals surface area contributed by atoms with Crippen molar-refractivity contribution in [2.24, 2.45) is 0 Å². The Morgan fingerprint density at radius 1 is 1.44 bits per heavy atom. The van der Waals surface area contributed by atoms with Crippen molar-refractivity contribution in [3.05, 3.63) is 29.3 Å². The average Bonchev–Trinajstić information content (AvgIpc) is 2.70. The van der Waals surface area contributed by atoms with Gasteiger partial charge in [-0.05, 0) is 44.0 Å². The van der Waals surface area contributed by atoms with Crippen molar-refractivity contribution >= 4 is 11.6 Å². The van der Waals surface area contributed by atoms with Crippen LogP contribution in [0, 0.1) is 0 Å². The summed E-state index contributed by atoms with van der Waals surface area (Å²) in [6.45, 7) is 5.45. The van der Waals surface area contributed by atoms with Crippen LogP contribution in [-0.4, -0.2) is 25.5 Å². The Kier molecular flexibility index (Phi) is 2.86. The van der Waals surface area contributed by atoms with E-state index in [9.17, 15) is 4.79 Å².